The van der Waals surface area contributed by atoms with E-state index in [1.165, 1.54) is 0 Å². The SMILES string of the molecule is [2H]C([2H])(C(C)C)[C@]12C[C@]3(C[C@H]3F)CN1CCC21CC1. The van der Waals surface area contributed by atoms with Crippen molar-refractivity contribution in [3.63, 3.8) is 0 Å². The monoisotopic (exact) mass is 239 g/mol. The Kier molecular flexibility index (Phi) is 1.52. The molecule has 4 rings (SSSR count). The molecule has 0 amide bonds. The van der Waals surface area contributed by atoms with Gasteiger partial charge in [-0.25, -0.2) is 4.39 Å². The molecule has 0 aromatic rings. The van der Waals surface area contributed by atoms with Crippen LogP contribution in [0.1, 0.15) is 55.1 Å². The Bertz CT molecular complexity index is 434. The van der Waals surface area contributed by atoms with Crippen molar-refractivity contribution in [2.75, 3.05) is 13.1 Å². The lowest BCUT2D eigenvalue weighted by Gasteiger charge is -2.39. The van der Waals surface area contributed by atoms with Crippen molar-refractivity contribution in [3.05, 3.63) is 0 Å². The number of hydrogen-bond acceptors (Lipinski definition) is 1. The van der Waals surface area contributed by atoms with E-state index in [4.69, 9.17) is 2.74 Å². The Morgan fingerprint density at radius 1 is 1.41 bits per heavy atom. The number of hydrogen-bond donors (Lipinski definition) is 0. The molecule has 2 heterocycles. The molecule has 2 saturated heterocycles. The highest BCUT2D eigenvalue weighted by Gasteiger charge is 2.74. The van der Waals surface area contributed by atoms with E-state index < -0.39 is 12.5 Å². The maximum atomic E-state index is 13.9. The molecule has 3 atom stereocenters. The van der Waals surface area contributed by atoms with Crippen LogP contribution in [-0.2, 0) is 0 Å². The van der Waals surface area contributed by atoms with Gasteiger partial charge in [0.05, 0.1) is 0 Å². The van der Waals surface area contributed by atoms with Crippen molar-refractivity contribution in [2.24, 2.45) is 16.7 Å². The van der Waals surface area contributed by atoms with Crippen molar-refractivity contribution in [1.82, 2.24) is 4.90 Å². The molecule has 2 heteroatoms. The summed E-state index contributed by atoms with van der Waals surface area (Å²) in [5, 5.41) is 0. The Labute approximate surface area is 107 Å². The van der Waals surface area contributed by atoms with E-state index >= 15 is 0 Å². The first-order valence-electron chi connectivity index (χ1n) is 8.19. The molecule has 0 radical (unpaired) electrons. The van der Waals surface area contributed by atoms with Crippen molar-refractivity contribution >= 4 is 0 Å². The van der Waals surface area contributed by atoms with Gasteiger partial charge in [-0.3, -0.25) is 4.90 Å². The van der Waals surface area contributed by atoms with Gasteiger partial charge in [-0.15, -0.1) is 0 Å². The maximum Gasteiger partial charge on any atom is 0.108 e. The van der Waals surface area contributed by atoms with Crippen molar-refractivity contribution in [2.45, 2.75) is 64.0 Å². The lowest BCUT2D eigenvalue weighted by atomic mass is 9.72. The molecule has 17 heavy (non-hydrogen) atoms. The van der Waals surface area contributed by atoms with Gasteiger partial charge in [0.1, 0.15) is 6.17 Å². The highest BCUT2D eigenvalue weighted by Crippen LogP contribution is 2.73. The van der Waals surface area contributed by atoms with Gasteiger partial charge in [-0.1, -0.05) is 13.8 Å². The fourth-order valence-electron chi connectivity index (χ4n) is 4.77. The average Bonchev–Trinajstić information content (AvgIpc) is 3.14. The van der Waals surface area contributed by atoms with Crippen LogP contribution in [0.3, 0.4) is 0 Å². The van der Waals surface area contributed by atoms with Gasteiger partial charge in [-0.05, 0) is 56.4 Å². The summed E-state index contributed by atoms with van der Waals surface area (Å²) in [6, 6.07) is 0. The summed E-state index contributed by atoms with van der Waals surface area (Å²) < 4.78 is 31.4. The lowest BCUT2D eigenvalue weighted by Crippen LogP contribution is -2.45. The van der Waals surface area contributed by atoms with Gasteiger partial charge in [0.2, 0.25) is 0 Å². The zero-order chi connectivity index (χ0) is 13.7. The Balaban J connectivity index is 1.80. The molecule has 2 spiro atoms. The largest absolute Gasteiger partial charge is 0.296 e. The van der Waals surface area contributed by atoms with Gasteiger partial charge in [0.25, 0.3) is 0 Å². The molecule has 0 N–H and O–H groups in total. The molecule has 0 aromatic heterocycles. The molecule has 0 aromatic carbocycles. The van der Waals surface area contributed by atoms with Crippen LogP contribution < -0.4 is 0 Å². The van der Waals surface area contributed by atoms with E-state index in [2.05, 4.69) is 4.90 Å². The third-order valence-electron chi connectivity index (χ3n) is 5.86. The number of halogens is 1. The van der Waals surface area contributed by atoms with E-state index in [1.807, 2.05) is 13.8 Å². The van der Waals surface area contributed by atoms with E-state index in [0.29, 0.717) is 6.42 Å². The molecule has 96 valence electrons. The molecule has 2 aliphatic heterocycles. The first-order chi connectivity index (χ1) is 8.80. The zero-order valence-electron chi connectivity index (χ0n) is 12.9. The molecular weight excluding hydrogens is 213 g/mol. The second-order valence-electron chi connectivity index (χ2n) is 7.32. The topological polar surface area (TPSA) is 3.24 Å². The van der Waals surface area contributed by atoms with Crippen LogP contribution in [0.4, 0.5) is 4.39 Å². The van der Waals surface area contributed by atoms with Crippen LogP contribution in [0, 0.1) is 16.7 Å². The van der Waals surface area contributed by atoms with E-state index in [1.54, 1.807) is 0 Å². The third kappa shape index (κ3) is 1.18. The smallest absolute Gasteiger partial charge is 0.108 e. The summed E-state index contributed by atoms with van der Waals surface area (Å²) in [4.78, 5) is 2.36. The minimum absolute atomic E-state index is 0.00228. The summed E-state index contributed by atoms with van der Waals surface area (Å²) in [5.41, 5.74) is -0.375. The Morgan fingerprint density at radius 2 is 2.12 bits per heavy atom. The molecule has 2 saturated carbocycles. The highest BCUT2D eigenvalue weighted by atomic mass is 19.1. The molecule has 1 nitrogen and oxygen atoms in total. The summed E-state index contributed by atoms with van der Waals surface area (Å²) in [6.45, 7) is 5.78. The van der Waals surface area contributed by atoms with Gasteiger partial charge >= 0.3 is 0 Å². The van der Waals surface area contributed by atoms with E-state index in [9.17, 15) is 4.39 Å². The first-order valence-corrected chi connectivity index (χ1v) is 7.19. The normalized spacial score (nSPS) is 53.1. The molecule has 4 fully saturated rings. The number of alkyl halides is 1. The summed E-state index contributed by atoms with van der Waals surface area (Å²) >= 11 is 0. The van der Waals surface area contributed by atoms with Gasteiger partial charge in [0, 0.05) is 20.2 Å². The van der Waals surface area contributed by atoms with Crippen molar-refractivity contribution < 1.29 is 7.13 Å². The standard InChI is InChI=1S/C15H24FN/c1-11(2)7-15-9-13(8-12(13)16)10-17(15)6-5-14(15)3-4-14/h11-12H,3-10H2,1-2H3/t12-,13-,15-/m1/s1/i7D2. The fraction of sp³-hybridized carbons (Fsp3) is 1.00. The minimum atomic E-state index is -1.20. The molecule has 2 aliphatic carbocycles. The minimum Gasteiger partial charge on any atom is -0.296 e. The van der Waals surface area contributed by atoms with Crippen LogP contribution >= 0.6 is 0 Å². The third-order valence-corrected chi connectivity index (χ3v) is 5.86. The summed E-state index contributed by atoms with van der Waals surface area (Å²) in [6.07, 6.45) is 3.01. The lowest BCUT2D eigenvalue weighted by molar-refractivity contribution is 0.107. The van der Waals surface area contributed by atoms with Crippen LogP contribution in [0.5, 0.6) is 0 Å². The Hall–Kier alpha value is -0.110. The van der Waals surface area contributed by atoms with E-state index in [-0.39, 0.29) is 22.3 Å². The quantitative estimate of drug-likeness (QED) is 0.714. The molecular formula is C15H24FN. The fourth-order valence-corrected chi connectivity index (χ4v) is 4.77. The predicted octanol–water partition coefficient (Wildman–Crippen LogP) is 3.39. The van der Waals surface area contributed by atoms with Crippen LogP contribution in [-0.4, -0.2) is 29.7 Å². The van der Waals surface area contributed by atoms with Crippen molar-refractivity contribution in [3.8, 4) is 0 Å². The summed E-state index contributed by atoms with van der Waals surface area (Å²) in [5.74, 6) is -0.00228. The van der Waals surface area contributed by atoms with Crippen LogP contribution in [0.15, 0.2) is 0 Å². The molecule has 0 unspecified atom stereocenters. The second-order valence-corrected chi connectivity index (χ2v) is 7.32. The highest BCUT2D eigenvalue weighted by molar-refractivity contribution is 5.27. The Morgan fingerprint density at radius 3 is 2.65 bits per heavy atom. The first kappa shape index (κ1) is 8.90. The molecule has 0 bridgehead atoms. The molecule has 4 aliphatic rings. The van der Waals surface area contributed by atoms with Crippen LogP contribution in [0.2, 0.25) is 0 Å². The van der Waals surface area contributed by atoms with Crippen LogP contribution in [0.25, 0.3) is 0 Å². The van der Waals surface area contributed by atoms with E-state index in [0.717, 1.165) is 38.8 Å². The maximum absolute atomic E-state index is 13.9. The average molecular weight is 239 g/mol. The summed E-state index contributed by atoms with van der Waals surface area (Å²) in [7, 11) is 0. The number of fused-ring (bicyclic) bond motifs is 2. The number of rotatable bonds is 2. The second kappa shape index (κ2) is 2.89. The zero-order valence-corrected chi connectivity index (χ0v) is 10.9. The predicted molar refractivity (Wildman–Crippen MR) is 66.6 cm³/mol. The van der Waals surface area contributed by atoms with Crippen molar-refractivity contribution in [1.29, 1.82) is 0 Å². The number of nitrogens with zero attached hydrogens (tertiary/aromatic N) is 1. The van der Waals surface area contributed by atoms with Gasteiger partial charge < -0.3 is 0 Å². The van der Waals surface area contributed by atoms with Gasteiger partial charge in [0.15, 0.2) is 0 Å². The van der Waals surface area contributed by atoms with Gasteiger partial charge in [-0.2, -0.15) is 0 Å².